The number of nitrogens with two attached hydrogens (primary N) is 1. The molecule has 1 aromatic carbocycles. The molecule has 0 saturated heterocycles. The normalized spacial score (nSPS) is 16.3. The van der Waals surface area contributed by atoms with E-state index < -0.39 is 0 Å². The van der Waals surface area contributed by atoms with E-state index in [9.17, 15) is 4.79 Å². The van der Waals surface area contributed by atoms with Gasteiger partial charge in [-0.15, -0.1) is 11.3 Å². The summed E-state index contributed by atoms with van der Waals surface area (Å²) in [5.74, 6) is -0.159. The molecule has 1 amide bonds. The van der Waals surface area contributed by atoms with Gasteiger partial charge in [-0.2, -0.15) is 0 Å². The Labute approximate surface area is 162 Å². The summed E-state index contributed by atoms with van der Waals surface area (Å²) in [6, 6.07) is 13.4. The van der Waals surface area contributed by atoms with Crippen LogP contribution in [0.2, 0.25) is 0 Å². The smallest absolute Gasteiger partial charge is 0.253 e. The van der Waals surface area contributed by atoms with Crippen molar-refractivity contribution in [2.24, 2.45) is 5.73 Å². The Kier molecular flexibility index (Phi) is 5.01. The number of amides is 1. The Morgan fingerprint density at radius 3 is 2.56 bits per heavy atom. The van der Waals surface area contributed by atoms with Crippen molar-refractivity contribution in [2.75, 3.05) is 6.54 Å². The molecule has 2 heterocycles. The molecule has 6 heteroatoms. The first-order chi connectivity index (χ1) is 13.2. The first-order valence-corrected chi connectivity index (χ1v) is 10.0. The third kappa shape index (κ3) is 3.50. The molecule has 1 atom stereocenters. The summed E-state index contributed by atoms with van der Waals surface area (Å²) in [6.07, 6.45) is 6.74. The molecule has 5 nitrogen and oxygen atoms in total. The van der Waals surface area contributed by atoms with Gasteiger partial charge < -0.3 is 11.1 Å². The average molecular weight is 379 g/mol. The van der Waals surface area contributed by atoms with Crippen molar-refractivity contribution in [2.45, 2.75) is 30.7 Å². The van der Waals surface area contributed by atoms with Gasteiger partial charge in [-0.05, 0) is 30.5 Å². The van der Waals surface area contributed by atoms with Gasteiger partial charge in [-0.1, -0.05) is 36.8 Å². The van der Waals surface area contributed by atoms with Crippen LogP contribution in [-0.2, 0) is 5.41 Å². The number of carbonyl (C=O) groups is 1. The van der Waals surface area contributed by atoms with E-state index in [0.717, 1.165) is 29.1 Å². The Hall–Kier alpha value is -2.57. The van der Waals surface area contributed by atoms with Crippen LogP contribution in [0, 0.1) is 0 Å². The molecule has 0 aliphatic heterocycles. The fourth-order valence-electron chi connectivity index (χ4n) is 3.53. The molecule has 27 heavy (non-hydrogen) atoms. The molecule has 0 radical (unpaired) electrons. The van der Waals surface area contributed by atoms with Crippen LogP contribution in [0.3, 0.4) is 0 Å². The zero-order chi connectivity index (χ0) is 18.7. The maximum absolute atomic E-state index is 12.8. The molecule has 1 fully saturated rings. The lowest BCUT2D eigenvalue weighted by atomic mass is 9.66. The summed E-state index contributed by atoms with van der Waals surface area (Å²) in [7, 11) is 0. The van der Waals surface area contributed by atoms with Crippen LogP contribution < -0.4 is 11.1 Å². The number of nitrogens with one attached hydrogen (secondary N) is 1. The number of aromatic nitrogens is 2. The van der Waals surface area contributed by atoms with Gasteiger partial charge >= 0.3 is 0 Å². The highest BCUT2D eigenvalue weighted by Crippen LogP contribution is 2.41. The third-order valence-corrected chi connectivity index (χ3v) is 6.22. The van der Waals surface area contributed by atoms with E-state index in [1.54, 1.807) is 12.4 Å². The van der Waals surface area contributed by atoms with Crippen molar-refractivity contribution in [1.82, 2.24) is 15.3 Å². The van der Waals surface area contributed by atoms with E-state index in [4.69, 9.17) is 5.73 Å². The molecular weight excluding hydrogens is 356 g/mol. The van der Waals surface area contributed by atoms with Crippen LogP contribution in [-0.4, -0.2) is 22.4 Å². The number of hydrogen-bond acceptors (Lipinski definition) is 5. The van der Waals surface area contributed by atoms with Crippen molar-refractivity contribution < 1.29 is 4.79 Å². The number of pyridine rings is 1. The highest BCUT2D eigenvalue weighted by Gasteiger charge is 2.38. The van der Waals surface area contributed by atoms with E-state index in [1.807, 2.05) is 47.8 Å². The largest absolute Gasteiger partial charge is 0.339 e. The minimum Gasteiger partial charge on any atom is -0.339 e. The number of rotatable bonds is 6. The maximum atomic E-state index is 12.8. The second-order valence-electron chi connectivity index (χ2n) is 6.96. The molecule has 3 N–H and O–H groups in total. The van der Waals surface area contributed by atoms with Gasteiger partial charge in [0.2, 0.25) is 0 Å². The van der Waals surface area contributed by atoms with Crippen molar-refractivity contribution in [3.63, 3.8) is 0 Å². The molecular formula is C21H22N4OS. The lowest BCUT2D eigenvalue weighted by molar-refractivity contribution is 0.0942. The molecule has 4 rings (SSSR count). The van der Waals surface area contributed by atoms with Gasteiger partial charge in [0.05, 0.1) is 5.56 Å². The highest BCUT2D eigenvalue weighted by atomic mass is 32.1. The molecule has 1 aliphatic carbocycles. The summed E-state index contributed by atoms with van der Waals surface area (Å²) < 4.78 is 0. The molecule has 3 aromatic rings. The Bertz CT molecular complexity index is 884. The van der Waals surface area contributed by atoms with Crippen LogP contribution in [0.4, 0.5) is 0 Å². The van der Waals surface area contributed by atoms with Gasteiger partial charge in [0.25, 0.3) is 5.91 Å². The Balaban J connectivity index is 1.55. The average Bonchev–Trinajstić information content (AvgIpc) is 3.21. The Morgan fingerprint density at radius 1 is 1.19 bits per heavy atom. The number of hydrogen-bond donors (Lipinski definition) is 2. The highest BCUT2D eigenvalue weighted by molar-refractivity contribution is 7.09. The zero-order valence-corrected chi connectivity index (χ0v) is 15.8. The summed E-state index contributed by atoms with van der Waals surface area (Å²) in [5.41, 5.74) is 8.50. The van der Waals surface area contributed by atoms with Crippen LogP contribution in [0.15, 0.2) is 60.2 Å². The second-order valence-corrected chi connectivity index (χ2v) is 7.88. The van der Waals surface area contributed by atoms with Crippen LogP contribution in [0.5, 0.6) is 0 Å². The molecule has 138 valence electrons. The van der Waals surface area contributed by atoms with Crippen molar-refractivity contribution in [3.8, 4) is 0 Å². The Morgan fingerprint density at radius 2 is 2.00 bits per heavy atom. The lowest BCUT2D eigenvalue weighted by Crippen LogP contribution is -2.42. The molecule has 1 unspecified atom stereocenters. The van der Waals surface area contributed by atoms with E-state index in [2.05, 4.69) is 15.3 Å². The standard InChI is InChI=1S/C21H22N4OS/c22-14-21(9-4-10-21)17-8-7-16(13-24-17)19(26)25-18(20-23-11-12-27-20)15-5-2-1-3-6-15/h1-3,5-8,11-13,18H,4,9-10,14,22H2,(H,25,26). The summed E-state index contributed by atoms with van der Waals surface area (Å²) in [5, 5.41) is 5.87. The van der Waals surface area contributed by atoms with Gasteiger partial charge in [-0.25, -0.2) is 4.98 Å². The predicted octanol–water partition coefficient (Wildman–Crippen LogP) is 3.44. The van der Waals surface area contributed by atoms with Gasteiger partial charge in [-0.3, -0.25) is 9.78 Å². The monoisotopic (exact) mass is 378 g/mol. The molecule has 2 aromatic heterocycles. The van der Waals surface area contributed by atoms with Crippen molar-refractivity contribution >= 4 is 17.2 Å². The minimum absolute atomic E-state index is 0.00245. The fourth-order valence-corrected chi connectivity index (χ4v) is 4.25. The van der Waals surface area contributed by atoms with Gasteiger partial charge in [0.15, 0.2) is 0 Å². The van der Waals surface area contributed by atoms with E-state index in [1.165, 1.54) is 17.8 Å². The number of nitrogens with zero attached hydrogens (tertiary/aromatic N) is 2. The zero-order valence-electron chi connectivity index (χ0n) is 15.0. The van der Waals surface area contributed by atoms with Crippen LogP contribution in [0.25, 0.3) is 0 Å². The predicted molar refractivity (Wildman–Crippen MR) is 107 cm³/mol. The first kappa shape index (κ1) is 17.8. The maximum Gasteiger partial charge on any atom is 0.253 e. The van der Waals surface area contributed by atoms with Crippen LogP contribution >= 0.6 is 11.3 Å². The van der Waals surface area contributed by atoms with Crippen molar-refractivity contribution in [1.29, 1.82) is 0 Å². The minimum atomic E-state index is -0.277. The lowest BCUT2D eigenvalue weighted by Gasteiger charge is -2.40. The van der Waals surface area contributed by atoms with E-state index in [0.29, 0.717) is 12.1 Å². The van der Waals surface area contributed by atoms with Crippen molar-refractivity contribution in [3.05, 3.63) is 82.1 Å². The molecule has 1 saturated carbocycles. The van der Waals surface area contributed by atoms with Gasteiger partial charge in [0.1, 0.15) is 11.0 Å². The second kappa shape index (κ2) is 7.58. The third-order valence-electron chi connectivity index (χ3n) is 5.38. The van der Waals surface area contributed by atoms with E-state index >= 15 is 0 Å². The molecule has 1 aliphatic rings. The fraction of sp³-hybridized carbons (Fsp3) is 0.286. The number of thiazole rings is 1. The molecule has 0 bridgehead atoms. The summed E-state index contributed by atoms with van der Waals surface area (Å²) >= 11 is 1.53. The first-order valence-electron chi connectivity index (χ1n) is 9.14. The summed E-state index contributed by atoms with van der Waals surface area (Å²) in [4.78, 5) is 21.8. The number of benzene rings is 1. The van der Waals surface area contributed by atoms with Crippen LogP contribution in [0.1, 0.15) is 51.9 Å². The number of carbonyl (C=O) groups excluding carboxylic acids is 1. The topological polar surface area (TPSA) is 80.9 Å². The van der Waals surface area contributed by atoms with E-state index in [-0.39, 0.29) is 17.4 Å². The van der Waals surface area contributed by atoms with Gasteiger partial charge in [0, 0.05) is 35.4 Å². The SMILES string of the molecule is NCC1(c2ccc(C(=O)NC(c3ccccc3)c3nccs3)cn2)CCC1. The quantitative estimate of drug-likeness (QED) is 0.688. The molecule has 0 spiro atoms. The summed E-state index contributed by atoms with van der Waals surface area (Å²) in [6.45, 7) is 0.603.